The van der Waals surface area contributed by atoms with E-state index < -0.39 is 11.4 Å². The zero-order valence-corrected chi connectivity index (χ0v) is 11.2. The van der Waals surface area contributed by atoms with E-state index in [1.54, 1.807) is 26.1 Å². The van der Waals surface area contributed by atoms with Gasteiger partial charge in [0.25, 0.3) is 0 Å². The highest BCUT2D eigenvalue weighted by Crippen LogP contribution is 2.38. The van der Waals surface area contributed by atoms with Crippen LogP contribution in [0.25, 0.3) is 0 Å². The Morgan fingerprint density at radius 1 is 1.71 bits per heavy atom. The summed E-state index contributed by atoms with van der Waals surface area (Å²) in [4.78, 5) is 15.4. The molecule has 0 fully saturated rings. The van der Waals surface area contributed by atoms with Gasteiger partial charge in [-0.2, -0.15) is 5.26 Å². The zero-order chi connectivity index (χ0) is 13.1. The van der Waals surface area contributed by atoms with Gasteiger partial charge in [-0.05, 0) is 40.4 Å². The van der Waals surface area contributed by atoms with Crippen LogP contribution < -0.4 is 0 Å². The number of rotatable bonds is 4. The molecule has 90 valence electrons. The maximum Gasteiger partial charge on any atom is 0.311 e. The predicted molar refractivity (Wildman–Crippen MR) is 66.3 cm³/mol. The molecule has 0 amide bonds. The molecule has 0 saturated heterocycles. The molecule has 1 aromatic heterocycles. The Kier molecular flexibility index (Phi) is 4.24. The Labute approximate surface area is 108 Å². The fraction of sp³-hybridized carbons (Fsp3) is 0.417. The van der Waals surface area contributed by atoms with E-state index in [-0.39, 0.29) is 12.3 Å². The molecule has 1 aromatic rings. The van der Waals surface area contributed by atoms with Crippen molar-refractivity contribution in [3.63, 3.8) is 0 Å². The Morgan fingerprint density at radius 2 is 2.35 bits per heavy atom. The predicted octanol–water partition coefficient (Wildman–Crippen LogP) is 2.95. The Bertz CT molecular complexity index is 453. The van der Waals surface area contributed by atoms with Gasteiger partial charge in [0, 0.05) is 6.20 Å². The van der Waals surface area contributed by atoms with Crippen molar-refractivity contribution < 1.29 is 9.90 Å². The first-order valence-electron chi connectivity index (χ1n) is 5.13. The molecule has 0 aliphatic heterocycles. The average molecular weight is 297 g/mol. The van der Waals surface area contributed by atoms with Crippen molar-refractivity contribution >= 4 is 21.9 Å². The van der Waals surface area contributed by atoms with E-state index in [0.717, 1.165) is 5.56 Å². The number of carboxylic acid groups (broad SMARTS) is 1. The monoisotopic (exact) mass is 296 g/mol. The topological polar surface area (TPSA) is 74.0 Å². The van der Waals surface area contributed by atoms with Gasteiger partial charge in [0.05, 0.1) is 17.9 Å². The normalized spacial score (nSPS) is 15.6. The summed E-state index contributed by atoms with van der Waals surface area (Å²) in [5, 5.41) is 18.0. The summed E-state index contributed by atoms with van der Waals surface area (Å²) >= 11 is 3.22. The van der Waals surface area contributed by atoms with Crippen molar-refractivity contribution in [1.82, 2.24) is 4.98 Å². The Balaban J connectivity index is 3.09. The molecule has 0 aliphatic rings. The molecule has 1 N–H and O–H groups in total. The molecule has 5 heteroatoms. The van der Waals surface area contributed by atoms with Crippen molar-refractivity contribution in [2.75, 3.05) is 0 Å². The molecule has 0 bridgehead atoms. The minimum absolute atomic E-state index is 0.0282. The van der Waals surface area contributed by atoms with Gasteiger partial charge in [0.15, 0.2) is 0 Å². The van der Waals surface area contributed by atoms with Gasteiger partial charge in [-0.3, -0.25) is 4.79 Å². The van der Waals surface area contributed by atoms with Crippen LogP contribution >= 0.6 is 15.9 Å². The molecule has 0 aromatic carbocycles. The van der Waals surface area contributed by atoms with Crippen LogP contribution in [0.4, 0.5) is 0 Å². The maximum absolute atomic E-state index is 11.3. The molecule has 1 unspecified atom stereocenters. The molecular weight excluding hydrogens is 284 g/mol. The van der Waals surface area contributed by atoms with E-state index >= 15 is 0 Å². The van der Waals surface area contributed by atoms with Crippen molar-refractivity contribution in [2.24, 2.45) is 5.41 Å². The second kappa shape index (κ2) is 5.28. The van der Waals surface area contributed by atoms with E-state index in [4.69, 9.17) is 5.26 Å². The Morgan fingerprint density at radius 3 is 2.76 bits per heavy atom. The van der Waals surface area contributed by atoms with Crippen molar-refractivity contribution in [2.45, 2.75) is 26.2 Å². The molecular formula is C12H13BrN2O2. The fourth-order valence-corrected chi connectivity index (χ4v) is 1.82. The summed E-state index contributed by atoms with van der Waals surface area (Å²) in [6.45, 7) is 3.39. The quantitative estimate of drug-likeness (QED) is 0.867. The molecule has 1 heterocycles. The minimum atomic E-state index is -1.09. The van der Waals surface area contributed by atoms with Gasteiger partial charge in [-0.1, -0.05) is 13.0 Å². The van der Waals surface area contributed by atoms with Crippen LogP contribution in [0.15, 0.2) is 22.9 Å². The Hall–Kier alpha value is -1.41. The third kappa shape index (κ3) is 2.83. The molecule has 0 aliphatic carbocycles. The molecule has 0 spiro atoms. The van der Waals surface area contributed by atoms with Crippen LogP contribution in [-0.4, -0.2) is 16.1 Å². The summed E-state index contributed by atoms with van der Waals surface area (Å²) < 4.78 is 0.700. The van der Waals surface area contributed by atoms with E-state index in [1.165, 1.54) is 0 Å². The summed E-state index contributed by atoms with van der Waals surface area (Å²) in [7, 11) is 0. The van der Waals surface area contributed by atoms with Gasteiger partial charge in [-0.25, -0.2) is 4.98 Å². The number of pyridine rings is 1. The summed E-state index contributed by atoms with van der Waals surface area (Å²) in [6, 6.07) is 5.53. The molecule has 0 radical (unpaired) electrons. The van der Waals surface area contributed by atoms with E-state index in [9.17, 15) is 9.90 Å². The number of hydrogen-bond donors (Lipinski definition) is 1. The SMILES string of the molecule is C[C@H](c1ccc(Br)nc1)C(C)(CC#N)C(=O)O. The lowest BCUT2D eigenvalue weighted by atomic mass is 9.73. The van der Waals surface area contributed by atoms with Crippen LogP contribution in [0.2, 0.25) is 0 Å². The molecule has 0 saturated carbocycles. The fourth-order valence-electron chi connectivity index (χ4n) is 1.59. The summed E-state index contributed by atoms with van der Waals surface area (Å²) in [5.74, 6) is -1.24. The van der Waals surface area contributed by atoms with Crippen molar-refractivity contribution in [3.05, 3.63) is 28.5 Å². The first-order valence-corrected chi connectivity index (χ1v) is 5.93. The molecule has 17 heavy (non-hydrogen) atoms. The lowest BCUT2D eigenvalue weighted by Crippen LogP contribution is -2.32. The van der Waals surface area contributed by atoms with Crippen LogP contribution in [-0.2, 0) is 4.79 Å². The minimum Gasteiger partial charge on any atom is -0.481 e. The van der Waals surface area contributed by atoms with E-state index in [2.05, 4.69) is 20.9 Å². The number of carbonyl (C=O) groups is 1. The maximum atomic E-state index is 11.3. The molecule has 1 rings (SSSR count). The number of nitriles is 1. The number of halogens is 1. The van der Waals surface area contributed by atoms with Crippen molar-refractivity contribution in [1.29, 1.82) is 5.26 Å². The number of nitrogens with zero attached hydrogens (tertiary/aromatic N) is 2. The largest absolute Gasteiger partial charge is 0.481 e. The van der Waals surface area contributed by atoms with Gasteiger partial charge >= 0.3 is 5.97 Å². The highest BCUT2D eigenvalue weighted by Gasteiger charge is 2.39. The van der Waals surface area contributed by atoms with Crippen LogP contribution in [0.5, 0.6) is 0 Å². The third-order valence-corrected chi connectivity index (χ3v) is 3.61. The second-order valence-corrected chi connectivity index (χ2v) is 5.01. The smallest absolute Gasteiger partial charge is 0.311 e. The van der Waals surface area contributed by atoms with E-state index in [1.807, 2.05) is 12.1 Å². The third-order valence-electron chi connectivity index (χ3n) is 3.14. The van der Waals surface area contributed by atoms with E-state index in [0.29, 0.717) is 4.60 Å². The first kappa shape index (κ1) is 13.7. The van der Waals surface area contributed by atoms with Gasteiger partial charge in [-0.15, -0.1) is 0 Å². The van der Waals surface area contributed by atoms with Crippen molar-refractivity contribution in [3.8, 4) is 6.07 Å². The van der Waals surface area contributed by atoms with Crippen LogP contribution in [0.1, 0.15) is 31.7 Å². The molecule has 2 atom stereocenters. The summed E-state index contributed by atoms with van der Waals surface area (Å²) in [5.41, 5.74) is -0.280. The van der Waals surface area contributed by atoms with Gasteiger partial charge < -0.3 is 5.11 Å². The molecule has 4 nitrogen and oxygen atoms in total. The lowest BCUT2D eigenvalue weighted by molar-refractivity contribution is -0.148. The zero-order valence-electron chi connectivity index (χ0n) is 9.64. The highest BCUT2D eigenvalue weighted by molar-refractivity contribution is 9.10. The van der Waals surface area contributed by atoms with Crippen LogP contribution in [0.3, 0.4) is 0 Å². The number of hydrogen-bond acceptors (Lipinski definition) is 3. The highest BCUT2D eigenvalue weighted by atomic mass is 79.9. The lowest BCUT2D eigenvalue weighted by Gasteiger charge is -2.29. The number of aromatic nitrogens is 1. The standard InChI is InChI=1S/C12H13BrN2O2/c1-8(9-3-4-10(13)15-7-9)12(2,5-6-14)11(16)17/h3-4,7-8H,5H2,1-2H3,(H,16,17)/t8-,12?/m1/s1. The average Bonchev–Trinajstić information content (AvgIpc) is 2.29. The van der Waals surface area contributed by atoms with Crippen LogP contribution in [0, 0.1) is 16.7 Å². The van der Waals surface area contributed by atoms with Gasteiger partial charge in [0.1, 0.15) is 4.60 Å². The number of aliphatic carboxylic acids is 1. The van der Waals surface area contributed by atoms with Gasteiger partial charge in [0.2, 0.25) is 0 Å². The number of carboxylic acids is 1. The summed E-state index contributed by atoms with van der Waals surface area (Å²) in [6.07, 6.45) is 1.60. The second-order valence-electron chi connectivity index (χ2n) is 4.19. The first-order chi connectivity index (χ1) is 7.91.